The molecule has 0 saturated heterocycles. The number of phenolic OH excluding ortho intramolecular Hbond substituents is 2. The molecule has 0 aliphatic carbocycles. The molecule has 18 heavy (non-hydrogen) atoms. The number of hydrogen-bond donors (Lipinski definition) is 2. The monoisotopic (exact) mass is 257 g/mol. The second kappa shape index (κ2) is 4.94. The van der Waals surface area contributed by atoms with E-state index >= 15 is 0 Å². The standard InChI is InChI=1S/C14H11NO2S/c1-9-2-4-12(18-9)6-11(8-15)10-3-5-13(16)14(17)7-10/h2-7,16-17H,1H3/b11-6+. The summed E-state index contributed by atoms with van der Waals surface area (Å²) in [5, 5.41) is 27.8. The van der Waals surface area contributed by atoms with E-state index in [0.29, 0.717) is 11.1 Å². The second-order valence-electron chi connectivity index (χ2n) is 3.82. The zero-order valence-electron chi connectivity index (χ0n) is 9.71. The van der Waals surface area contributed by atoms with E-state index in [9.17, 15) is 10.2 Å². The van der Waals surface area contributed by atoms with E-state index in [-0.39, 0.29) is 11.5 Å². The Kier molecular flexibility index (Phi) is 3.35. The van der Waals surface area contributed by atoms with E-state index in [1.165, 1.54) is 17.0 Å². The van der Waals surface area contributed by atoms with E-state index < -0.39 is 0 Å². The van der Waals surface area contributed by atoms with Crippen LogP contribution < -0.4 is 0 Å². The maximum absolute atomic E-state index is 9.43. The van der Waals surface area contributed by atoms with Crippen molar-refractivity contribution in [1.29, 1.82) is 5.26 Å². The Morgan fingerprint density at radius 1 is 1.22 bits per heavy atom. The highest BCUT2D eigenvalue weighted by Gasteiger charge is 2.06. The molecule has 0 fully saturated rings. The molecule has 0 bridgehead atoms. The molecule has 0 spiro atoms. The van der Waals surface area contributed by atoms with Gasteiger partial charge in [0.2, 0.25) is 0 Å². The number of thiophene rings is 1. The summed E-state index contributed by atoms with van der Waals surface area (Å²) in [6.07, 6.45) is 1.77. The molecular weight excluding hydrogens is 246 g/mol. The van der Waals surface area contributed by atoms with Gasteiger partial charge in [-0.1, -0.05) is 0 Å². The van der Waals surface area contributed by atoms with E-state index in [4.69, 9.17) is 5.26 Å². The third kappa shape index (κ3) is 2.53. The number of allylic oxidation sites excluding steroid dienone is 1. The molecule has 2 aromatic rings. The Labute approximate surface area is 109 Å². The zero-order chi connectivity index (χ0) is 13.1. The van der Waals surface area contributed by atoms with Crippen LogP contribution in [0.3, 0.4) is 0 Å². The van der Waals surface area contributed by atoms with Crippen molar-refractivity contribution < 1.29 is 10.2 Å². The molecule has 0 atom stereocenters. The lowest BCUT2D eigenvalue weighted by atomic mass is 10.1. The zero-order valence-corrected chi connectivity index (χ0v) is 10.5. The van der Waals surface area contributed by atoms with E-state index in [2.05, 4.69) is 6.07 Å². The molecule has 4 heteroatoms. The summed E-state index contributed by atoms with van der Waals surface area (Å²) in [6.45, 7) is 2.00. The fourth-order valence-corrected chi connectivity index (χ4v) is 2.37. The number of nitrogens with zero attached hydrogens (tertiary/aromatic N) is 1. The third-order valence-corrected chi connectivity index (χ3v) is 3.40. The summed E-state index contributed by atoms with van der Waals surface area (Å²) in [5.41, 5.74) is 1.03. The fourth-order valence-electron chi connectivity index (χ4n) is 1.54. The first kappa shape index (κ1) is 12.2. The van der Waals surface area contributed by atoms with Crippen LogP contribution in [0.2, 0.25) is 0 Å². The lowest BCUT2D eigenvalue weighted by molar-refractivity contribution is 0.403. The molecule has 0 aliphatic rings. The van der Waals surface area contributed by atoms with Crippen molar-refractivity contribution in [1.82, 2.24) is 0 Å². The van der Waals surface area contributed by atoms with Crippen molar-refractivity contribution in [2.75, 3.05) is 0 Å². The first-order chi connectivity index (χ1) is 8.60. The summed E-state index contributed by atoms with van der Waals surface area (Å²) in [7, 11) is 0. The molecule has 0 aliphatic heterocycles. The van der Waals surface area contributed by atoms with Gasteiger partial charge in [-0.15, -0.1) is 11.3 Å². The Hall–Kier alpha value is -2.25. The van der Waals surface area contributed by atoms with Crippen molar-refractivity contribution in [3.05, 3.63) is 45.6 Å². The van der Waals surface area contributed by atoms with Gasteiger partial charge < -0.3 is 10.2 Å². The van der Waals surface area contributed by atoms with Crippen LogP contribution >= 0.6 is 11.3 Å². The van der Waals surface area contributed by atoms with Crippen LogP contribution in [0.4, 0.5) is 0 Å². The molecule has 2 rings (SSSR count). The highest BCUT2D eigenvalue weighted by atomic mass is 32.1. The summed E-state index contributed by atoms with van der Waals surface area (Å²) in [4.78, 5) is 2.16. The topological polar surface area (TPSA) is 64.2 Å². The second-order valence-corrected chi connectivity index (χ2v) is 5.14. The molecule has 2 N–H and O–H groups in total. The van der Waals surface area contributed by atoms with Crippen LogP contribution in [0.5, 0.6) is 11.5 Å². The van der Waals surface area contributed by atoms with Gasteiger partial charge in [0.25, 0.3) is 0 Å². The van der Waals surface area contributed by atoms with Crippen molar-refractivity contribution in [3.63, 3.8) is 0 Å². The predicted molar refractivity (Wildman–Crippen MR) is 72.3 cm³/mol. The molecule has 0 amide bonds. The highest BCUT2D eigenvalue weighted by molar-refractivity contribution is 7.12. The van der Waals surface area contributed by atoms with Crippen LogP contribution in [0, 0.1) is 18.3 Å². The van der Waals surface area contributed by atoms with Crippen LogP contribution in [0.25, 0.3) is 11.6 Å². The number of rotatable bonds is 2. The van der Waals surface area contributed by atoms with E-state index in [0.717, 1.165) is 4.88 Å². The molecule has 1 aromatic carbocycles. The third-order valence-electron chi connectivity index (χ3n) is 2.45. The first-order valence-electron chi connectivity index (χ1n) is 5.31. The van der Waals surface area contributed by atoms with E-state index in [1.807, 2.05) is 19.1 Å². The van der Waals surface area contributed by atoms with Crippen LogP contribution in [0.1, 0.15) is 15.3 Å². The number of aromatic hydroxyl groups is 2. The Morgan fingerprint density at radius 3 is 2.56 bits per heavy atom. The van der Waals surface area contributed by atoms with Gasteiger partial charge in [-0.25, -0.2) is 0 Å². The molecule has 1 heterocycles. The minimum absolute atomic E-state index is 0.192. The minimum atomic E-state index is -0.226. The molecular formula is C14H11NO2S. The number of nitriles is 1. The normalized spacial score (nSPS) is 11.2. The SMILES string of the molecule is Cc1ccc(/C=C(\C#N)c2ccc(O)c(O)c2)s1. The number of hydrogen-bond acceptors (Lipinski definition) is 4. The van der Waals surface area contributed by atoms with Gasteiger partial charge in [-0.2, -0.15) is 5.26 Å². The summed E-state index contributed by atoms with van der Waals surface area (Å²) in [5.74, 6) is -0.418. The molecule has 1 aromatic heterocycles. The van der Waals surface area contributed by atoms with Gasteiger partial charge in [-0.3, -0.25) is 0 Å². The summed E-state index contributed by atoms with van der Waals surface area (Å²) >= 11 is 1.59. The molecule has 0 radical (unpaired) electrons. The van der Waals surface area contributed by atoms with Crippen LogP contribution in [-0.4, -0.2) is 10.2 Å². The summed E-state index contributed by atoms with van der Waals surface area (Å²) in [6, 6.07) is 10.4. The summed E-state index contributed by atoms with van der Waals surface area (Å²) < 4.78 is 0. The van der Waals surface area contributed by atoms with Crippen LogP contribution in [-0.2, 0) is 0 Å². The fraction of sp³-hybridized carbons (Fsp3) is 0.0714. The Morgan fingerprint density at radius 2 is 2.00 bits per heavy atom. The number of aryl methyl sites for hydroxylation is 1. The van der Waals surface area contributed by atoms with Crippen molar-refractivity contribution in [2.45, 2.75) is 6.92 Å². The van der Waals surface area contributed by atoms with Gasteiger partial charge in [0.1, 0.15) is 0 Å². The lowest BCUT2D eigenvalue weighted by Gasteiger charge is -2.01. The van der Waals surface area contributed by atoms with Gasteiger partial charge in [0.05, 0.1) is 11.6 Å². The molecule has 90 valence electrons. The lowest BCUT2D eigenvalue weighted by Crippen LogP contribution is -1.81. The van der Waals surface area contributed by atoms with E-state index in [1.54, 1.807) is 23.5 Å². The van der Waals surface area contributed by atoms with Crippen molar-refractivity contribution in [3.8, 4) is 17.6 Å². The van der Waals surface area contributed by atoms with Crippen LogP contribution in [0.15, 0.2) is 30.3 Å². The predicted octanol–water partition coefficient (Wildman–Crippen LogP) is 3.53. The Bertz CT molecular complexity index is 650. The number of phenols is 2. The maximum atomic E-state index is 9.43. The van der Waals surface area contributed by atoms with Crippen molar-refractivity contribution >= 4 is 23.0 Å². The highest BCUT2D eigenvalue weighted by Crippen LogP contribution is 2.29. The van der Waals surface area contributed by atoms with Gasteiger partial charge in [0, 0.05) is 9.75 Å². The Balaban J connectivity index is 2.43. The van der Waals surface area contributed by atoms with Gasteiger partial charge in [-0.05, 0) is 48.9 Å². The average Bonchev–Trinajstić information content (AvgIpc) is 2.75. The largest absolute Gasteiger partial charge is 0.504 e. The molecule has 0 unspecified atom stereocenters. The minimum Gasteiger partial charge on any atom is -0.504 e. The number of benzene rings is 1. The van der Waals surface area contributed by atoms with Crippen molar-refractivity contribution in [2.24, 2.45) is 0 Å². The molecule has 0 saturated carbocycles. The van der Waals surface area contributed by atoms with Gasteiger partial charge >= 0.3 is 0 Å². The smallest absolute Gasteiger partial charge is 0.158 e. The average molecular weight is 257 g/mol. The first-order valence-corrected chi connectivity index (χ1v) is 6.12. The maximum Gasteiger partial charge on any atom is 0.158 e. The quantitative estimate of drug-likeness (QED) is 0.639. The molecule has 3 nitrogen and oxygen atoms in total. The van der Waals surface area contributed by atoms with Gasteiger partial charge in [0.15, 0.2) is 11.5 Å².